The molecule has 0 unspecified atom stereocenters. The van der Waals surface area contributed by atoms with E-state index >= 15 is 0 Å². The second-order valence-electron chi connectivity index (χ2n) is 2.61. The van der Waals surface area contributed by atoms with E-state index in [1.807, 2.05) is 17.1 Å². The minimum atomic E-state index is 0.479. The summed E-state index contributed by atoms with van der Waals surface area (Å²) >= 11 is 0. The van der Waals surface area contributed by atoms with Gasteiger partial charge in [-0.3, -0.25) is 0 Å². The molecule has 56 valence electrons. The highest BCUT2D eigenvalue weighted by Gasteiger charge is 1.97. The van der Waals surface area contributed by atoms with E-state index in [9.17, 15) is 0 Å². The van der Waals surface area contributed by atoms with Gasteiger partial charge in [-0.2, -0.15) is 0 Å². The quantitative estimate of drug-likeness (QED) is 0.662. The third-order valence-electron chi connectivity index (χ3n) is 1.46. The lowest BCUT2D eigenvalue weighted by atomic mass is 10.4. The second-order valence-corrected chi connectivity index (χ2v) is 2.61. The van der Waals surface area contributed by atoms with Crippen molar-refractivity contribution in [2.45, 2.75) is 26.4 Å². The molecule has 3 nitrogen and oxygen atoms in total. The summed E-state index contributed by atoms with van der Waals surface area (Å²) in [6, 6.07) is 0.479. The summed E-state index contributed by atoms with van der Waals surface area (Å²) in [5, 5.41) is 0. The number of imidazole rings is 1. The lowest BCUT2D eigenvalue weighted by molar-refractivity contribution is 0.599. The maximum Gasteiger partial charge on any atom is 0.0952 e. The first-order valence-electron chi connectivity index (χ1n) is 3.46. The highest BCUT2D eigenvalue weighted by atomic mass is 15.1. The van der Waals surface area contributed by atoms with Crippen molar-refractivity contribution in [2.75, 3.05) is 0 Å². The van der Waals surface area contributed by atoms with E-state index in [4.69, 9.17) is 5.73 Å². The van der Waals surface area contributed by atoms with E-state index in [-0.39, 0.29) is 0 Å². The van der Waals surface area contributed by atoms with Gasteiger partial charge in [0.05, 0.1) is 12.0 Å². The molecule has 0 amide bonds. The molecular weight excluding hydrogens is 126 g/mol. The Hall–Kier alpha value is -0.830. The zero-order valence-corrected chi connectivity index (χ0v) is 6.41. The van der Waals surface area contributed by atoms with Gasteiger partial charge in [-0.05, 0) is 13.8 Å². The van der Waals surface area contributed by atoms with Crippen LogP contribution in [0.4, 0.5) is 0 Å². The van der Waals surface area contributed by atoms with Crippen molar-refractivity contribution in [2.24, 2.45) is 5.73 Å². The number of aromatic nitrogens is 2. The first kappa shape index (κ1) is 7.28. The fraction of sp³-hybridized carbons (Fsp3) is 0.571. The molecule has 0 aromatic carbocycles. The molecule has 1 aromatic rings. The molecule has 10 heavy (non-hydrogen) atoms. The maximum absolute atomic E-state index is 5.39. The fourth-order valence-corrected chi connectivity index (χ4v) is 0.767. The number of nitrogens with zero attached hydrogens (tertiary/aromatic N) is 2. The molecule has 0 saturated carbocycles. The van der Waals surface area contributed by atoms with Crippen LogP contribution < -0.4 is 5.73 Å². The van der Waals surface area contributed by atoms with Crippen LogP contribution in [0.1, 0.15) is 25.6 Å². The highest BCUT2D eigenvalue weighted by molar-refractivity contribution is 4.96. The molecule has 1 aromatic heterocycles. The van der Waals surface area contributed by atoms with E-state index < -0.39 is 0 Å². The van der Waals surface area contributed by atoms with Gasteiger partial charge >= 0.3 is 0 Å². The third kappa shape index (κ3) is 1.36. The molecule has 0 aliphatic rings. The summed E-state index contributed by atoms with van der Waals surface area (Å²) in [4.78, 5) is 4.09. The third-order valence-corrected chi connectivity index (χ3v) is 1.46. The van der Waals surface area contributed by atoms with Crippen LogP contribution in [0.15, 0.2) is 12.5 Å². The molecule has 3 heteroatoms. The molecule has 0 spiro atoms. The van der Waals surface area contributed by atoms with Gasteiger partial charge in [-0.25, -0.2) is 4.98 Å². The molecule has 0 bridgehead atoms. The summed E-state index contributed by atoms with van der Waals surface area (Å²) in [5.74, 6) is 0. The van der Waals surface area contributed by atoms with E-state index in [1.165, 1.54) is 0 Å². The summed E-state index contributed by atoms with van der Waals surface area (Å²) in [6.45, 7) is 4.75. The second kappa shape index (κ2) is 2.84. The molecule has 0 radical (unpaired) electrons. The van der Waals surface area contributed by atoms with Gasteiger partial charge < -0.3 is 10.3 Å². The first-order valence-corrected chi connectivity index (χ1v) is 3.46. The van der Waals surface area contributed by atoms with E-state index in [1.54, 1.807) is 0 Å². The van der Waals surface area contributed by atoms with Gasteiger partial charge in [-0.15, -0.1) is 0 Å². The van der Waals surface area contributed by atoms with Crippen LogP contribution in [0, 0.1) is 0 Å². The standard InChI is InChI=1S/C7H13N3/c1-6(2)10-4-7(3-8)9-5-10/h4-6H,3,8H2,1-2H3. The van der Waals surface area contributed by atoms with Crippen molar-refractivity contribution in [1.29, 1.82) is 0 Å². The predicted molar refractivity (Wildman–Crippen MR) is 40.5 cm³/mol. The Balaban J connectivity index is 2.78. The highest BCUT2D eigenvalue weighted by Crippen LogP contribution is 2.03. The SMILES string of the molecule is CC(C)n1cnc(CN)c1. The van der Waals surface area contributed by atoms with Crippen LogP contribution in [0.2, 0.25) is 0 Å². The smallest absolute Gasteiger partial charge is 0.0952 e. The van der Waals surface area contributed by atoms with E-state index in [0.29, 0.717) is 12.6 Å². The van der Waals surface area contributed by atoms with Crippen molar-refractivity contribution < 1.29 is 0 Å². The van der Waals surface area contributed by atoms with Crippen LogP contribution in [0.25, 0.3) is 0 Å². The Labute approximate surface area is 60.9 Å². The Morgan fingerprint density at radius 1 is 1.70 bits per heavy atom. The molecule has 1 rings (SSSR count). The van der Waals surface area contributed by atoms with E-state index in [2.05, 4.69) is 18.8 Å². The zero-order chi connectivity index (χ0) is 7.56. The maximum atomic E-state index is 5.39. The Kier molecular flexibility index (Phi) is 2.06. The van der Waals surface area contributed by atoms with Crippen molar-refractivity contribution in [3.63, 3.8) is 0 Å². The molecule has 0 saturated heterocycles. The minimum Gasteiger partial charge on any atom is -0.335 e. The lowest BCUT2D eigenvalue weighted by Gasteiger charge is -2.03. The minimum absolute atomic E-state index is 0.479. The van der Waals surface area contributed by atoms with Gasteiger partial charge in [0, 0.05) is 18.8 Å². The van der Waals surface area contributed by atoms with Crippen LogP contribution >= 0.6 is 0 Å². The fourth-order valence-electron chi connectivity index (χ4n) is 0.767. The molecule has 1 heterocycles. The van der Waals surface area contributed by atoms with Gasteiger partial charge in [0.15, 0.2) is 0 Å². The zero-order valence-electron chi connectivity index (χ0n) is 6.41. The monoisotopic (exact) mass is 139 g/mol. The Morgan fingerprint density at radius 3 is 2.70 bits per heavy atom. The van der Waals surface area contributed by atoms with Crippen molar-refractivity contribution in [1.82, 2.24) is 9.55 Å². The van der Waals surface area contributed by atoms with Gasteiger partial charge in [0.1, 0.15) is 0 Å². The van der Waals surface area contributed by atoms with E-state index in [0.717, 1.165) is 5.69 Å². The van der Waals surface area contributed by atoms with Gasteiger partial charge in [-0.1, -0.05) is 0 Å². The molecule has 0 atom stereocenters. The molecule has 0 fully saturated rings. The van der Waals surface area contributed by atoms with Crippen LogP contribution in [0.3, 0.4) is 0 Å². The first-order chi connectivity index (χ1) is 4.74. The summed E-state index contributed by atoms with van der Waals surface area (Å²) < 4.78 is 2.04. The predicted octanol–water partition coefficient (Wildman–Crippen LogP) is 0.923. The molecule has 2 N–H and O–H groups in total. The number of rotatable bonds is 2. The largest absolute Gasteiger partial charge is 0.335 e. The van der Waals surface area contributed by atoms with Crippen molar-refractivity contribution in [3.8, 4) is 0 Å². The van der Waals surface area contributed by atoms with Crippen LogP contribution in [0.5, 0.6) is 0 Å². The lowest BCUT2D eigenvalue weighted by Crippen LogP contribution is -1.98. The van der Waals surface area contributed by atoms with Crippen LogP contribution in [-0.4, -0.2) is 9.55 Å². The number of nitrogens with two attached hydrogens (primary N) is 1. The molecular formula is C7H13N3. The van der Waals surface area contributed by atoms with Crippen LogP contribution in [-0.2, 0) is 6.54 Å². The summed E-state index contributed by atoms with van der Waals surface area (Å²) in [7, 11) is 0. The number of hydrogen-bond acceptors (Lipinski definition) is 2. The summed E-state index contributed by atoms with van der Waals surface area (Å²) in [6.07, 6.45) is 3.79. The average Bonchev–Trinajstić information content (AvgIpc) is 2.34. The van der Waals surface area contributed by atoms with Gasteiger partial charge in [0.25, 0.3) is 0 Å². The summed E-state index contributed by atoms with van der Waals surface area (Å²) in [5.41, 5.74) is 6.34. The molecule has 0 aliphatic carbocycles. The average molecular weight is 139 g/mol. The Bertz CT molecular complexity index is 202. The Morgan fingerprint density at radius 2 is 2.40 bits per heavy atom. The van der Waals surface area contributed by atoms with Crippen molar-refractivity contribution >= 4 is 0 Å². The normalized spacial score (nSPS) is 10.8. The molecule has 0 aliphatic heterocycles. The van der Waals surface area contributed by atoms with Gasteiger partial charge in [0.2, 0.25) is 0 Å². The topological polar surface area (TPSA) is 43.8 Å². The van der Waals surface area contributed by atoms with Crippen molar-refractivity contribution in [3.05, 3.63) is 18.2 Å². The number of hydrogen-bond donors (Lipinski definition) is 1.